The van der Waals surface area contributed by atoms with Crippen molar-refractivity contribution in [2.24, 2.45) is 5.73 Å². The van der Waals surface area contributed by atoms with Crippen LogP contribution in [0.4, 0.5) is 11.4 Å². The molecule has 0 fully saturated rings. The second-order valence-corrected chi connectivity index (χ2v) is 5.34. The topological polar surface area (TPSA) is 29.3 Å². The lowest BCUT2D eigenvalue weighted by Crippen LogP contribution is -2.16. The first-order valence-corrected chi connectivity index (χ1v) is 6.83. The molecule has 0 atom stereocenters. The van der Waals surface area contributed by atoms with Crippen molar-refractivity contribution in [3.05, 3.63) is 59.2 Å². The summed E-state index contributed by atoms with van der Waals surface area (Å²) in [6, 6.07) is 14.8. The maximum Gasteiger partial charge on any atom is 0.103 e. The minimum absolute atomic E-state index is 0.455. The predicted octanol–water partition coefficient (Wildman–Crippen LogP) is 3.32. The Balaban J connectivity index is 2.03. The zero-order valence-corrected chi connectivity index (χ0v) is 11.7. The van der Waals surface area contributed by atoms with E-state index in [1.165, 1.54) is 22.5 Å². The second kappa shape index (κ2) is 4.67. The monoisotopic (exact) mass is 268 g/mol. The number of hydrogen-bond donors (Lipinski definition) is 1. The molecule has 0 saturated carbocycles. The number of benzene rings is 2. The van der Waals surface area contributed by atoms with Crippen molar-refractivity contribution in [1.29, 1.82) is 0 Å². The Morgan fingerprint density at radius 1 is 1.16 bits per heavy atom. The Kier molecular flexibility index (Phi) is 2.99. The summed E-state index contributed by atoms with van der Waals surface area (Å²) in [5.41, 5.74) is 11.8. The fourth-order valence-electron chi connectivity index (χ4n) is 2.70. The molecule has 1 aliphatic rings. The first-order chi connectivity index (χ1) is 9.16. The summed E-state index contributed by atoms with van der Waals surface area (Å²) in [5, 5.41) is 0. The second-order valence-electron chi connectivity index (χ2n) is 4.90. The summed E-state index contributed by atoms with van der Waals surface area (Å²) < 4.78 is 0. The molecular formula is C16H16N2S. The van der Waals surface area contributed by atoms with Gasteiger partial charge in [-0.2, -0.15) is 0 Å². The van der Waals surface area contributed by atoms with E-state index in [0.717, 1.165) is 18.5 Å². The molecule has 2 aromatic rings. The van der Waals surface area contributed by atoms with Crippen molar-refractivity contribution in [1.82, 2.24) is 0 Å². The number of anilines is 2. The molecular weight excluding hydrogens is 252 g/mol. The summed E-state index contributed by atoms with van der Waals surface area (Å²) in [6.45, 7) is 3.14. The molecule has 3 rings (SSSR count). The molecule has 96 valence electrons. The van der Waals surface area contributed by atoms with E-state index in [1.54, 1.807) is 0 Å². The van der Waals surface area contributed by atoms with Gasteiger partial charge >= 0.3 is 0 Å². The molecule has 19 heavy (non-hydrogen) atoms. The minimum atomic E-state index is 0.455. The number of nitrogens with two attached hydrogens (primary N) is 1. The lowest BCUT2D eigenvalue weighted by molar-refractivity contribution is 0.993. The molecule has 1 aliphatic heterocycles. The zero-order chi connectivity index (χ0) is 13.4. The SMILES string of the molecule is Cc1cc(C(N)=S)ccc1N1CCc2ccccc21. The van der Waals surface area contributed by atoms with Crippen molar-refractivity contribution >= 4 is 28.6 Å². The Morgan fingerprint density at radius 2 is 1.95 bits per heavy atom. The third kappa shape index (κ3) is 2.10. The Bertz CT molecular complexity index is 649. The predicted molar refractivity (Wildman–Crippen MR) is 84.2 cm³/mol. The number of nitrogens with zero attached hydrogens (tertiary/aromatic N) is 1. The smallest absolute Gasteiger partial charge is 0.103 e. The third-order valence-electron chi connectivity index (χ3n) is 3.66. The van der Waals surface area contributed by atoms with E-state index in [9.17, 15) is 0 Å². The molecule has 0 unspecified atom stereocenters. The summed E-state index contributed by atoms with van der Waals surface area (Å²) in [6.07, 6.45) is 1.10. The first-order valence-electron chi connectivity index (χ1n) is 6.43. The number of aryl methyl sites for hydroxylation is 1. The van der Waals surface area contributed by atoms with Gasteiger partial charge in [0.25, 0.3) is 0 Å². The van der Waals surface area contributed by atoms with Crippen LogP contribution in [-0.2, 0) is 6.42 Å². The summed E-state index contributed by atoms with van der Waals surface area (Å²) in [5.74, 6) is 0. The van der Waals surface area contributed by atoms with Crippen molar-refractivity contribution in [2.75, 3.05) is 11.4 Å². The summed E-state index contributed by atoms with van der Waals surface area (Å²) >= 11 is 5.03. The molecule has 0 aliphatic carbocycles. The lowest BCUT2D eigenvalue weighted by atomic mass is 10.1. The quantitative estimate of drug-likeness (QED) is 0.847. The van der Waals surface area contributed by atoms with Crippen molar-refractivity contribution in [3.63, 3.8) is 0 Å². The number of thiocarbonyl (C=S) groups is 1. The van der Waals surface area contributed by atoms with Gasteiger partial charge in [0, 0.05) is 23.5 Å². The van der Waals surface area contributed by atoms with Crippen molar-refractivity contribution < 1.29 is 0 Å². The average Bonchev–Trinajstić information content (AvgIpc) is 2.82. The molecule has 2 N–H and O–H groups in total. The van der Waals surface area contributed by atoms with E-state index >= 15 is 0 Å². The summed E-state index contributed by atoms with van der Waals surface area (Å²) in [4.78, 5) is 2.82. The highest BCUT2D eigenvalue weighted by atomic mass is 32.1. The van der Waals surface area contributed by atoms with Crippen LogP contribution in [0.5, 0.6) is 0 Å². The molecule has 0 radical (unpaired) electrons. The molecule has 2 aromatic carbocycles. The van der Waals surface area contributed by atoms with E-state index in [2.05, 4.69) is 48.2 Å². The highest BCUT2D eigenvalue weighted by Crippen LogP contribution is 2.36. The van der Waals surface area contributed by atoms with E-state index in [0.29, 0.717) is 4.99 Å². The van der Waals surface area contributed by atoms with E-state index in [4.69, 9.17) is 18.0 Å². The molecule has 1 heterocycles. The minimum Gasteiger partial charge on any atom is -0.389 e. The summed E-state index contributed by atoms with van der Waals surface area (Å²) in [7, 11) is 0. The van der Waals surface area contributed by atoms with Crippen LogP contribution in [0.2, 0.25) is 0 Å². The van der Waals surface area contributed by atoms with E-state index in [1.807, 2.05) is 6.07 Å². The molecule has 2 nitrogen and oxygen atoms in total. The van der Waals surface area contributed by atoms with Gasteiger partial charge in [0.15, 0.2) is 0 Å². The van der Waals surface area contributed by atoms with Gasteiger partial charge in [-0.05, 0) is 48.7 Å². The van der Waals surface area contributed by atoms with Crippen LogP contribution >= 0.6 is 12.2 Å². The maximum absolute atomic E-state index is 5.68. The molecule has 0 amide bonds. The normalized spacial score (nSPS) is 13.4. The van der Waals surface area contributed by atoms with Crippen LogP contribution < -0.4 is 10.6 Å². The Hall–Kier alpha value is -1.87. The van der Waals surface area contributed by atoms with Crippen LogP contribution in [0.25, 0.3) is 0 Å². The number of para-hydroxylation sites is 1. The van der Waals surface area contributed by atoms with Gasteiger partial charge in [-0.1, -0.05) is 30.4 Å². The molecule has 0 aromatic heterocycles. The van der Waals surface area contributed by atoms with Gasteiger partial charge in [-0.3, -0.25) is 0 Å². The molecule has 0 spiro atoms. The largest absolute Gasteiger partial charge is 0.389 e. The fourth-order valence-corrected chi connectivity index (χ4v) is 2.83. The highest BCUT2D eigenvalue weighted by molar-refractivity contribution is 7.80. The van der Waals surface area contributed by atoms with Gasteiger partial charge in [0.2, 0.25) is 0 Å². The first kappa shape index (κ1) is 12.2. The number of fused-ring (bicyclic) bond motifs is 1. The Labute approximate surface area is 118 Å². The average molecular weight is 268 g/mol. The van der Waals surface area contributed by atoms with Crippen LogP contribution in [0, 0.1) is 6.92 Å². The van der Waals surface area contributed by atoms with Gasteiger partial charge in [0.1, 0.15) is 4.99 Å². The molecule has 3 heteroatoms. The van der Waals surface area contributed by atoms with Crippen molar-refractivity contribution in [3.8, 4) is 0 Å². The number of hydrogen-bond acceptors (Lipinski definition) is 2. The van der Waals surface area contributed by atoms with Crippen LogP contribution in [0.15, 0.2) is 42.5 Å². The van der Waals surface area contributed by atoms with E-state index in [-0.39, 0.29) is 0 Å². The van der Waals surface area contributed by atoms with E-state index < -0.39 is 0 Å². The maximum atomic E-state index is 5.68. The Morgan fingerprint density at radius 3 is 2.68 bits per heavy atom. The molecule has 0 bridgehead atoms. The van der Waals surface area contributed by atoms with Gasteiger partial charge in [0.05, 0.1) is 0 Å². The molecule has 0 saturated heterocycles. The van der Waals surface area contributed by atoms with Crippen LogP contribution in [-0.4, -0.2) is 11.5 Å². The zero-order valence-electron chi connectivity index (χ0n) is 10.9. The van der Waals surface area contributed by atoms with Crippen LogP contribution in [0.3, 0.4) is 0 Å². The standard InChI is InChI=1S/C16H16N2S/c1-11-10-13(16(17)19)6-7-14(11)18-9-8-12-4-2-3-5-15(12)18/h2-7,10H,8-9H2,1H3,(H2,17,19). The number of rotatable bonds is 2. The van der Waals surface area contributed by atoms with Gasteiger partial charge in [-0.15, -0.1) is 0 Å². The van der Waals surface area contributed by atoms with Gasteiger partial charge < -0.3 is 10.6 Å². The lowest BCUT2D eigenvalue weighted by Gasteiger charge is -2.22. The fraction of sp³-hybridized carbons (Fsp3) is 0.188. The third-order valence-corrected chi connectivity index (χ3v) is 3.89. The van der Waals surface area contributed by atoms with Crippen molar-refractivity contribution in [2.45, 2.75) is 13.3 Å². The van der Waals surface area contributed by atoms with Gasteiger partial charge in [-0.25, -0.2) is 0 Å². The highest BCUT2D eigenvalue weighted by Gasteiger charge is 2.20. The van der Waals surface area contributed by atoms with Crippen LogP contribution in [0.1, 0.15) is 16.7 Å².